The first-order chi connectivity index (χ1) is 10.7. The first-order valence-electron chi connectivity index (χ1n) is 6.85. The van der Waals surface area contributed by atoms with Gasteiger partial charge in [-0.05, 0) is 18.6 Å². The van der Waals surface area contributed by atoms with E-state index in [1.807, 2.05) is 30.3 Å². The van der Waals surface area contributed by atoms with Crippen molar-refractivity contribution in [2.24, 2.45) is 0 Å². The van der Waals surface area contributed by atoms with Crippen LogP contribution in [0.2, 0.25) is 0 Å². The van der Waals surface area contributed by atoms with Gasteiger partial charge < -0.3 is 14.6 Å². The van der Waals surface area contributed by atoms with E-state index in [9.17, 15) is 9.59 Å². The fourth-order valence-electron chi connectivity index (χ4n) is 2.34. The van der Waals surface area contributed by atoms with E-state index < -0.39 is 5.97 Å². The van der Waals surface area contributed by atoms with E-state index in [4.69, 9.17) is 0 Å². The van der Waals surface area contributed by atoms with Crippen LogP contribution in [0, 0.1) is 0 Å². The standard InChI is InChI=1S/C15H15N3O3S/c1-21-14(20)11-9-16-15(17-11)22-12-7-8-18(13(12)19)10-5-3-2-4-6-10/h2-6,9,12H,7-8H2,1H3,(H,16,17). The number of rotatable bonds is 4. The lowest BCUT2D eigenvalue weighted by Gasteiger charge is -2.16. The minimum absolute atomic E-state index is 0.0622. The number of thioether (sulfide) groups is 1. The van der Waals surface area contributed by atoms with E-state index in [-0.39, 0.29) is 16.9 Å². The summed E-state index contributed by atoms with van der Waals surface area (Å²) < 4.78 is 4.62. The number of aromatic nitrogens is 2. The fraction of sp³-hybridized carbons (Fsp3) is 0.267. The van der Waals surface area contributed by atoms with Crippen LogP contribution in [0.25, 0.3) is 0 Å². The van der Waals surface area contributed by atoms with Gasteiger partial charge in [-0.15, -0.1) is 0 Å². The number of nitrogens with zero attached hydrogens (tertiary/aromatic N) is 2. The first-order valence-corrected chi connectivity index (χ1v) is 7.73. The predicted molar refractivity (Wildman–Crippen MR) is 83.0 cm³/mol. The smallest absolute Gasteiger partial charge is 0.356 e. The Hall–Kier alpha value is -2.28. The van der Waals surface area contributed by atoms with E-state index in [0.717, 1.165) is 12.1 Å². The van der Waals surface area contributed by atoms with Crippen LogP contribution >= 0.6 is 11.8 Å². The Bertz CT molecular complexity index is 686. The van der Waals surface area contributed by atoms with Crippen molar-refractivity contribution in [1.82, 2.24) is 9.97 Å². The maximum atomic E-state index is 12.5. The van der Waals surface area contributed by atoms with Crippen molar-refractivity contribution in [3.8, 4) is 0 Å². The molecule has 1 amide bonds. The molecule has 0 bridgehead atoms. The monoisotopic (exact) mass is 317 g/mol. The molecule has 0 spiro atoms. The molecule has 2 heterocycles. The van der Waals surface area contributed by atoms with E-state index in [1.54, 1.807) is 4.90 Å². The first kappa shape index (κ1) is 14.6. The number of amides is 1. The van der Waals surface area contributed by atoms with Gasteiger partial charge in [-0.25, -0.2) is 9.78 Å². The summed E-state index contributed by atoms with van der Waals surface area (Å²) in [5, 5.41) is 0.352. The third kappa shape index (κ3) is 2.85. The highest BCUT2D eigenvalue weighted by Gasteiger charge is 2.34. The molecule has 1 saturated heterocycles. The molecular weight excluding hydrogens is 302 g/mol. The number of nitrogens with one attached hydrogen (secondary N) is 1. The van der Waals surface area contributed by atoms with Gasteiger partial charge >= 0.3 is 5.97 Å². The van der Waals surface area contributed by atoms with E-state index in [1.165, 1.54) is 25.1 Å². The van der Waals surface area contributed by atoms with E-state index >= 15 is 0 Å². The Balaban J connectivity index is 1.68. The van der Waals surface area contributed by atoms with Crippen LogP contribution < -0.4 is 4.90 Å². The molecule has 1 aliphatic rings. The lowest BCUT2D eigenvalue weighted by molar-refractivity contribution is -0.116. The van der Waals surface area contributed by atoms with Crippen molar-refractivity contribution < 1.29 is 14.3 Å². The molecule has 6 nitrogen and oxygen atoms in total. The Morgan fingerprint density at radius 2 is 2.18 bits per heavy atom. The molecule has 7 heteroatoms. The molecule has 0 aliphatic carbocycles. The van der Waals surface area contributed by atoms with Gasteiger partial charge in [0.25, 0.3) is 0 Å². The SMILES string of the molecule is COC(=O)c1cnc(SC2CCN(c3ccccc3)C2=O)[nH]1. The molecule has 1 unspecified atom stereocenters. The average molecular weight is 317 g/mol. The number of benzene rings is 1. The van der Waals surface area contributed by atoms with Crippen molar-refractivity contribution >= 4 is 29.3 Å². The number of imidazole rings is 1. The lowest BCUT2D eigenvalue weighted by atomic mass is 10.3. The molecule has 114 valence electrons. The molecule has 1 N–H and O–H groups in total. The minimum atomic E-state index is -0.469. The normalized spacial score (nSPS) is 17.8. The summed E-state index contributed by atoms with van der Waals surface area (Å²) in [5.41, 5.74) is 1.20. The van der Waals surface area contributed by atoms with Crippen molar-refractivity contribution in [3.05, 3.63) is 42.2 Å². The largest absolute Gasteiger partial charge is 0.464 e. The molecule has 1 aromatic heterocycles. The summed E-state index contributed by atoms with van der Waals surface area (Å²) in [7, 11) is 1.31. The van der Waals surface area contributed by atoms with Crippen LogP contribution in [0.15, 0.2) is 41.7 Å². The van der Waals surface area contributed by atoms with Gasteiger partial charge in [0.15, 0.2) is 5.16 Å². The number of para-hydroxylation sites is 1. The third-order valence-corrected chi connectivity index (χ3v) is 4.59. The Morgan fingerprint density at radius 1 is 1.41 bits per heavy atom. The van der Waals surface area contributed by atoms with Gasteiger partial charge in [0, 0.05) is 12.2 Å². The average Bonchev–Trinajstić information content (AvgIpc) is 3.16. The highest BCUT2D eigenvalue weighted by atomic mass is 32.2. The van der Waals surface area contributed by atoms with Gasteiger partial charge in [-0.3, -0.25) is 4.79 Å². The number of carbonyl (C=O) groups is 2. The minimum Gasteiger partial charge on any atom is -0.464 e. The Kier molecular flexibility index (Phi) is 4.15. The van der Waals surface area contributed by atoms with Crippen LogP contribution in [0.1, 0.15) is 16.9 Å². The molecule has 0 radical (unpaired) electrons. The van der Waals surface area contributed by atoms with Crippen LogP contribution in [-0.2, 0) is 9.53 Å². The van der Waals surface area contributed by atoms with Crippen LogP contribution in [0.5, 0.6) is 0 Å². The van der Waals surface area contributed by atoms with Crippen molar-refractivity contribution in [2.45, 2.75) is 16.8 Å². The number of hydrogen-bond donors (Lipinski definition) is 1. The highest BCUT2D eigenvalue weighted by Crippen LogP contribution is 2.31. The van der Waals surface area contributed by atoms with Gasteiger partial charge in [0.2, 0.25) is 5.91 Å². The summed E-state index contributed by atoms with van der Waals surface area (Å²) in [4.78, 5) is 32.6. The molecule has 2 aromatic rings. The zero-order chi connectivity index (χ0) is 15.5. The molecule has 22 heavy (non-hydrogen) atoms. The zero-order valence-corrected chi connectivity index (χ0v) is 12.8. The number of hydrogen-bond acceptors (Lipinski definition) is 5. The number of carbonyl (C=O) groups excluding carboxylic acids is 2. The van der Waals surface area contributed by atoms with Crippen LogP contribution in [0.3, 0.4) is 0 Å². The maximum absolute atomic E-state index is 12.5. The molecule has 0 saturated carbocycles. The summed E-state index contributed by atoms with van der Waals surface area (Å²) in [6.45, 7) is 0.686. The van der Waals surface area contributed by atoms with Gasteiger partial charge in [0.1, 0.15) is 5.69 Å². The highest BCUT2D eigenvalue weighted by molar-refractivity contribution is 8.00. The second-order valence-electron chi connectivity index (χ2n) is 4.81. The molecule has 1 aliphatic heterocycles. The quantitative estimate of drug-likeness (QED) is 0.874. The number of ether oxygens (including phenoxy) is 1. The van der Waals surface area contributed by atoms with Gasteiger partial charge in [-0.2, -0.15) is 0 Å². The third-order valence-electron chi connectivity index (χ3n) is 3.44. The summed E-state index contributed by atoms with van der Waals surface area (Å²) >= 11 is 1.34. The zero-order valence-electron chi connectivity index (χ0n) is 12.0. The van der Waals surface area contributed by atoms with E-state index in [0.29, 0.717) is 11.7 Å². The predicted octanol–water partition coefficient (Wildman–Crippen LogP) is 2.09. The number of esters is 1. The van der Waals surface area contributed by atoms with Crippen molar-refractivity contribution in [2.75, 3.05) is 18.6 Å². The van der Waals surface area contributed by atoms with Gasteiger partial charge in [-0.1, -0.05) is 30.0 Å². The second-order valence-corrected chi connectivity index (χ2v) is 6.01. The van der Waals surface area contributed by atoms with Crippen LogP contribution in [-0.4, -0.2) is 40.7 Å². The number of H-pyrrole nitrogens is 1. The molecule has 1 atom stereocenters. The van der Waals surface area contributed by atoms with Crippen molar-refractivity contribution in [1.29, 1.82) is 0 Å². The number of anilines is 1. The molecular formula is C15H15N3O3S. The lowest BCUT2D eigenvalue weighted by Crippen LogP contribution is -2.27. The number of methoxy groups -OCH3 is 1. The summed E-state index contributed by atoms with van der Waals surface area (Å²) in [6, 6.07) is 9.60. The van der Waals surface area contributed by atoms with Gasteiger partial charge in [0.05, 0.1) is 18.6 Å². The summed E-state index contributed by atoms with van der Waals surface area (Å²) in [5.74, 6) is -0.407. The molecule has 1 fully saturated rings. The summed E-state index contributed by atoms with van der Waals surface area (Å²) in [6.07, 6.45) is 2.16. The van der Waals surface area contributed by atoms with Crippen molar-refractivity contribution in [3.63, 3.8) is 0 Å². The van der Waals surface area contributed by atoms with E-state index in [2.05, 4.69) is 14.7 Å². The Labute approximate surface area is 131 Å². The Morgan fingerprint density at radius 3 is 2.91 bits per heavy atom. The molecule has 3 rings (SSSR count). The molecule has 1 aromatic carbocycles. The maximum Gasteiger partial charge on any atom is 0.356 e. The van der Waals surface area contributed by atoms with Crippen LogP contribution in [0.4, 0.5) is 5.69 Å². The topological polar surface area (TPSA) is 75.3 Å². The number of aromatic amines is 1. The fourth-order valence-corrected chi connectivity index (χ4v) is 3.34. The second kappa shape index (κ2) is 6.23.